The van der Waals surface area contributed by atoms with E-state index in [1.807, 2.05) is 0 Å². The molecule has 3 rings (SSSR count). The van der Waals surface area contributed by atoms with Crippen LogP contribution in [-0.2, 0) is 20.0 Å². The van der Waals surface area contributed by atoms with Crippen molar-refractivity contribution in [1.82, 2.24) is 14.5 Å². The predicted molar refractivity (Wildman–Crippen MR) is 132 cm³/mol. The Morgan fingerprint density at radius 1 is 1.23 bits per heavy atom. The SMILES string of the molecule is Cc1nn(C(F)F)cc1S(=O)(=O)N1c2cc(N(C(=O)O)C(C)(C)C(F)(F)F)ccc2O[C@@H](CNS(C)(=O)=O)[C@H]1C. The van der Waals surface area contributed by atoms with Gasteiger partial charge in [0.15, 0.2) is 0 Å². The number of carboxylic acid groups (broad SMARTS) is 1. The Balaban J connectivity index is 2.26. The summed E-state index contributed by atoms with van der Waals surface area (Å²) >= 11 is 0. The van der Waals surface area contributed by atoms with Crippen LogP contribution >= 0.6 is 0 Å². The van der Waals surface area contributed by atoms with E-state index in [2.05, 4.69) is 9.82 Å². The van der Waals surface area contributed by atoms with Crippen LogP contribution in [0.15, 0.2) is 29.3 Å². The van der Waals surface area contributed by atoms with E-state index in [0.717, 1.165) is 31.4 Å². The fourth-order valence-corrected chi connectivity index (χ4v) is 6.38. The number of hydrogen-bond donors (Lipinski definition) is 2. The molecule has 1 aliphatic rings. The van der Waals surface area contributed by atoms with Gasteiger partial charge >= 0.3 is 18.8 Å². The van der Waals surface area contributed by atoms with E-state index in [9.17, 15) is 48.7 Å². The van der Waals surface area contributed by atoms with Crippen molar-refractivity contribution in [3.63, 3.8) is 0 Å². The summed E-state index contributed by atoms with van der Waals surface area (Å²) in [6.07, 6.45) is -6.82. The molecule has 2 aromatic rings. The molecule has 0 aliphatic carbocycles. The minimum Gasteiger partial charge on any atom is -0.485 e. The molecule has 224 valence electrons. The number of benzene rings is 1. The smallest absolute Gasteiger partial charge is 0.412 e. The first-order chi connectivity index (χ1) is 18.1. The topological polar surface area (TPSA) is 151 Å². The third-order valence-corrected chi connectivity index (χ3v) is 8.92. The standard InChI is InChI=1S/C21H26F5N5O7S2/c1-11-17(10-29(28-11)18(22)23)40(36,37)31-12(2)16(9-27-39(5,34)35)38-15-7-6-13(8-14(15)31)30(19(32)33)20(3,4)21(24,25)26/h6-8,10,12,16,18,27H,9H2,1-5H3,(H,32,33)/t12-,16+/m1/s1. The lowest BCUT2D eigenvalue weighted by atomic mass is 10.0. The zero-order valence-corrected chi connectivity index (χ0v) is 23.3. The summed E-state index contributed by atoms with van der Waals surface area (Å²) < 4.78 is 128. The van der Waals surface area contributed by atoms with Gasteiger partial charge in [0, 0.05) is 6.54 Å². The monoisotopic (exact) mass is 619 g/mol. The average Bonchev–Trinajstić information content (AvgIpc) is 3.18. The van der Waals surface area contributed by atoms with Crippen LogP contribution in [0.5, 0.6) is 5.75 Å². The number of anilines is 2. The number of ether oxygens (including phenoxy) is 1. The van der Waals surface area contributed by atoms with Gasteiger partial charge in [-0.15, -0.1) is 0 Å². The number of amides is 1. The number of carbonyl (C=O) groups is 1. The van der Waals surface area contributed by atoms with Crippen molar-refractivity contribution in [2.75, 3.05) is 22.0 Å². The van der Waals surface area contributed by atoms with Crippen LogP contribution < -0.4 is 18.7 Å². The largest absolute Gasteiger partial charge is 0.485 e. The second kappa shape index (κ2) is 10.3. The second-order valence-electron chi connectivity index (χ2n) is 9.48. The molecule has 0 bridgehead atoms. The zero-order chi connectivity index (χ0) is 30.6. The highest BCUT2D eigenvalue weighted by atomic mass is 32.2. The van der Waals surface area contributed by atoms with Crippen LogP contribution in [-0.4, -0.2) is 74.5 Å². The number of sulfonamides is 2. The Bertz CT molecular complexity index is 1510. The molecule has 0 fully saturated rings. The molecule has 0 unspecified atom stereocenters. The average molecular weight is 620 g/mol. The van der Waals surface area contributed by atoms with Gasteiger partial charge in [0.1, 0.15) is 22.3 Å². The highest BCUT2D eigenvalue weighted by Crippen LogP contribution is 2.45. The number of aryl methyl sites for hydroxylation is 1. The van der Waals surface area contributed by atoms with Gasteiger partial charge in [0.2, 0.25) is 10.0 Å². The van der Waals surface area contributed by atoms with Gasteiger partial charge in [-0.05, 0) is 45.9 Å². The fourth-order valence-electron chi connectivity index (χ4n) is 4.07. The molecule has 0 radical (unpaired) electrons. The van der Waals surface area contributed by atoms with Crippen molar-refractivity contribution in [3.8, 4) is 5.75 Å². The maximum Gasteiger partial charge on any atom is 0.412 e. The fraction of sp³-hybridized carbons (Fsp3) is 0.524. The number of aromatic nitrogens is 2. The molecule has 0 saturated carbocycles. The van der Waals surface area contributed by atoms with Crippen molar-refractivity contribution >= 4 is 37.5 Å². The van der Waals surface area contributed by atoms with Gasteiger partial charge in [0.05, 0.1) is 35.6 Å². The molecule has 12 nitrogen and oxygen atoms in total. The Morgan fingerprint density at radius 2 is 1.82 bits per heavy atom. The molecular formula is C21H26F5N5O7S2. The summed E-state index contributed by atoms with van der Waals surface area (Å²) in [4.78, 5) is 11.3. The molecule has 2 atom stereocenters. The van der Waals surface area contributed by atoms with E-state index < -0.39 is 79.4 Å². The van der Waals surface area contributed by atoms with Crippen LogP contribution in [0.3, 0.4) is 0 Å². The number of nitrogens with one attached hydrogen (secondary N) is 1. The molecule has 1 aromatic carbocycles. The van der Waals surface area contributed by atoms with E-state index in [-0.39, 0.29) is 21.0 Å². The maximum atomic E-state index is 13.9. The molecule has 2 N–H and O–H groups in total. The minimum absolute atomic E-state index is 0.000122. The lowest BCUT2D eigenvalue weighted by molar-refractivity contribution is -0.175. The van der Waals surface area contributed by atoms with Gasteiger partial charge in [-0.3, -0.25) is 9.21 Å². The van der Waals surface area contributed by atoms with Gasteiger partial charge in [-0.1, -0.05) is 0 Å². The summed E-state index contributed by atoms with van der Waals surface area (Å²) in [5.74, 6) is -0.250. The minimum atomic E-state index is -5.04. The Kier molecular flexibility index (Phi) is 8.09. The van der Waals surface area contributed by atoms with Gasteiger partial charge in [-0.2, -0.15) is 27.1 Å². The number of alkyl halides is 5. The molecular weight excluding hydrogens is 593 g/mol. The molecule has 0 saturated heterocycles. The van der Waals surface area contributed by atoms with E-state index >= 15 is 0 Å². The lowest BCUT2D eigenvalue weighted by Gasteiger charge is -2.42. The molecule has 1 aliphatic heterocycles. The first-order valence-electron chi connectivity index (χ1n) is 11.3. The number of fused-ring (bicyclic) bond motifs is 1. The second-order valence-corrected chi connectivity index (χ2v) is 13.1. The van der Waals surface area contributed by atoms with Crippen LogP contribution in [0.1, 0.15) is 33.0 Å². The first-order valence-corrected chi connectivity index (χ1v) is 14.7. The molecule has 0 spiro atoms. The molecule has 1 aromatic heterocycles. The number of nitrogens with zero attached hydrogens (tertiary/aromatic N) is 4. The van der Waals surface area contributed by atoms with Gasteiger partial charge in [0.25, 0.3) is 10.0 Å². The van der Waals surface area contributed by atoms with Crippen LogP contribution in [0.4, 0.5) is 38.1 Å². The van der Waals surface area contributed by atoms with Crippen LogP contribution in [0, 0.1) is 6.92 Å². The number of rotatable bonds is 8. The summed E-state index contributed by atoms with van der Waals surface area (Å²) in [5.41, 5.74) is -4.27. The van der Waals surface area contributed by atoms with Gasteiger partial charge in [-0.25, -0.2) is 31.0 Å². The third kappa shape index (κ3) is 5.80. The van der Waals surface area contributed by atoms with Crippen molar-refractivity contribution in [1.29, 1.82) is 0 Å². The molecule has 2 heterocycles. The quantitative estimate of drug-likeness (QED) is 0.428. The first kappa shape index (κ1) is 31.3. The zero-order valence-electron chi connectivity index (χ0n) is 21.6. The molecule has 40 heavy (non-hydrogen) atoms. The Morgan fingerprint density at radius 3 is 2.30 bits per heavy atom. The Hall–Kier alpha value is -3.19. The van der Waals surface area contributed by atoms with Gasteiger partial charge < -0.3 is 9.84 Å². The van der Waals surface area contributed by atoms with Crippen molar-refractivity contribution in [2.24, 2.45) is 0 Å². The lowest BCUT2D eigenvalue weighted by Crippen LogP contribution is -2.57. The highest BCUT2D eigenvalue weighted by Gasteiger charge is 2.54. The summed E-state index contributed by atoms with van der Waals surface area (Å²) in [5, 5.41) is 13.2. The van der Waals surface area contributed by atoms with Crippen molar-refractivity contribution in [2.45, 2.75) is 63.0 Å². The van der Waals surface area contributed by atoms with E-state index in [1.54, 1.807) is 0 Å². The van der Waals surface area contributed by atoms with Crippen LogP contribution in [0.2, 0.25) is 0 Å². The van der Waals surface area contributed by atoms with E-state index in [4.69, 9.17) is 4.74 Å². The maximum absolute atomic E-state index is 13.9. The number of hydrogen-bond acceptors (Lipinski definition) is 7. The Labute approximate surface area is 226 Å². The summed E-state index contributed by atoms with van der Waals surface area (Å²) in [7, 11) is -8.58. The van der Waals surface area contributed by atoms with Crippen LogP contribution in [0.25, 0.3) is 0 Å². The van der Waals surface area contributed by atoms with E-state index in [1.165, 1.54) is 6.92 Å². The van der Waals surface area contributed by atoms with E-state index in [0.29, 0.717) is 24.3 Å². The van der Waals surface area contributed by atoms with Crippen molar-refractivity contribution < 1.29 is 53.4 Å². The van der Waals surface area contributed by atoms with Crippen molar-refractivity contribution in [3.05, 3.63) is 30.1 Å². The highest BCUT2D eigenvalue weighted by molar-refractivity contribution is 7.93. The third-order valence-electron chi connectivity index (χ3n) is 6.22. The molecule has 1 amide bonds. The summed E-state index contributed by atoms with van der Waals surface area (Å²) in [6, 6.07) is 1.57. The predicted octanol–water partition coefficient (Wildman–Crippen LogP) is 3.31. The normalized spacial score (nSPS) is 18.4. The summed E-state index contributed by atoms with van der Waals surface area (Å²) in [6.45, 7) is 0.0409. The number of halogens is 5. The molecule has 19 heteroatoms.